The Morgan fingerprint density at radius 2 is 1.84 bits per heavy atom. The zero-order valence-electron chi connectivity index (χ0n) is 34.1. The summed E-state index contributed by atoms with van der Waals surface area (Å²) in [7, 11) is 3.21. The van der Waals surface area contributed by atoms with Crippen LogP contribution in [-0.2, 0) is 19.1 Å². The van der Waals surface area contributed by atoms with Gasteiger partial charge in [0.25, 0.3) is 5.91 Å². The molecule has 310 valence electrons. The molecule has 6 rings (SSSR count). The first-order valence-corrected chi connectivity index (χ1v) is 21.0. The van der Waals surface area contributed by atoms with Crippen LogP contribution in [0.15, 0.2) is 35.3 Å². The van der Waals surface area contributed by atoms with E-state index in [1.807, 2.05) is 32.9 Å². The van der Waals surface area contributed by atoms with Gasteiger partial charge in [-0.25, -0.2) is 14.8 Å². The van der Waals surface area contributed by atoms with Gasteiger partial charge in [0, 0.05) is 41.2 Å². The fraction of sp³-hybridized carbons (Fsp3) is 0.619. The van der Waals surface area contributed by atoms with Gasteiger partial charge in [0.15, 0.2) is 0 Å². The number of carbonyl (C=O) groups excluding carboxylic acids is 4. The van der Waals surface area contributed by atoms with Crippen molar-refractivity contribution >= 4 is 53.3 Å². The number of amides is 5. The number of benzene rings is 1. The number of hydrogen-bond donors (Lipinski definition) is 2. The van der Waals surface area contributed by atoms with Crippen molar-refractivity contribution in [2.75, 3.05) is 33.9 Å². The average molecular weight is 807 g/mol. The van der Waals surface area contributed by atoms with E-state index < -0.39 is 24.1 Å². The van der Waals surface area contributed by atoms with Crippen molar-refractivity contribution < 1.29 is 38.1 Å². The minimum Gasteiger partial charge on any atom is -0.496 e. The Labute approximate surface area is 340 Å². The summed E-state index contributed by atoms with van der Waals surface area (Å²) in [5.41, 5.74) is 1.48. The maximum absolute atomic E-state index is 14.4. The van der Waals surface area contributed by atoms with Gasteiger partial charge < -0.3 is 34.1 Å². The van der Waals surface area contributed by atoms with Crippen molar-refractivity contribution in [1.82, 2.24) is 24.8 Å². The molecule has 15 heteroatoms. The molecular weight excluding hydrogens is 749 g/mol. The normalized spacial score (nSPS) is 22.9. The largest absolute Gasteiger partial charge is 0.496 e. The van der Waals surface area contributed by atoms with Crippen LogP contribution in [0, 0.1) is 18.8 Å². The summed E-state index contributed by atoms with van der Waals surface area (Å²) in [6.07, 6.45) is 10.6. The van der Waals surface area contributed by atoms with Crippen LogP contribution in [0.2, 0.25) is 0 Å². The maximum Gasteiger partial charge on any atom is 0.318 e. The number of carbonyl (C=O) groups is 4. The van der Waals surface area contributed by atoms with Crippen LogP contribution in [0.4, 0.5) is 4.79 Å². The Morgan fingerprint density at radius 3 is 2.53 bits per heavy atom. The van der Waals surface area contributed by atoms with Crippen LogP contribution in [0.1, 0.15) is 84.1 Å². The van der Waals surface area contributed by atoms with Crippen LogP contribution < -0.4 is 24.2 Å². The fourth-order valence-corrected chi connectivity index (χ4v) is 8.19. The molecule has 3 unspecified atom stereocenters. The van der Waals surface area contributed by atoms with Crippen molar-refractivity contribution in [3.8, 4) is 17.4 Å². The topological polar surface area (TPSA) is 161 Å². The Bertz CT molecular complexity index is 1850. The second-order valence-corrected chi connectivity index (χ2v) is 17.6. The van der Waals surface area contributed by atoms with E-state index in [4.69, 9.17) is 23.9 Å². The molecule has 4 fully saturated rings. The van der Waals surface area contributed by atoms with E-state index >= 15 is 0 Å². The van der Waals surface area contributed by atoms with Gasteiger partial charge in [0.1, 0.15) is 29.7 Å². The van der Waals surface area contributed by atoms with Crippen molar-refractivity contribution in [2.45, 2.75) is 121 Å². The highest BCUT2D eigenvalue weighted by atomic mass is 32.2. The third-order valence-corrected chi connectivity index (χ3v) is 12.5. The van der Waals surface area contributed by atoms with E-state index in [0.717, 1.165) is 49.5 Å². The molecule has 5 amide bonds. The van der Waals surface area contributed by atoms with E-state index in [0.29, 0.717) is 54.7 Å². The Kier molecular flexibility index (Phi) is 13.7. The molecule has 2 aliphatic carbocycles. The number of unbranched alkanes of at least 4 members (excludes halogenated alkanes) is 3. The molecule has 2 saturated heterocycles. The number of aromatic nitrogens is 1. The predicted octanol–water partition coefficient (Wildman–Crippen LogP) is 5.78. The monoisotopic (exact) mass is 806 g/mol. The number of allylic oxidation sites excluding steroid dienone is 2. The number of rotatable bonds is 19. The number of likely N-dealkylation sites (tertiary alicyclic amines) is 2. The zero-order valence-corrected chi connectivity index (χ0v) is 34.9. The van der Waals surface area contributed by atoms with E-state index in [-0.39, 0.29) is 53.7 Å². The van der Waals surface area contributed by atoms with Crippen LogP contribution >= 0.6 is 11.9 Å². The zero-order chi connectivity index (χ0) is 40.9. The molecule has 0 spiro atoms. The molecule has 14 nitrogen and oxygen atoms in total. The van der Waals surface area contributed by atoms with Crippen molar-refractivity contribution in [1.29, 1.82) is 0 Å². The summed E-state index contributed by atoms with van der Waals surface area (Å²) >= 11 is 1.56. The Morgan fingerprint density at radius 1 is 1.07 bits per heavy atom. The van der Waals surface area contributed by atoms with Crippen LogP contribution in [0.25, 0.3) is 10.9 Å². The molecule has 0 radical (unpaired) electrons. The van der Waals surface area contributed by atoms with Crippen molar-refractivity contribution in [3.05, 3.63) is 35.9 Å². The molecule has 1 aromatic carbocycles. The smallest absolute Gasteiger partial charge is 0.318 e. The third-order valence-electron chi connectivity index (χ3n) is 11.3. The van der Waals surface area contributed by atoms with Gasteiger partial charge in [-0.2, -0.15) is 0 Å². The van der Waals surface area contributed by atoms with Gasteiger partial charge in [-0.3, -0.25) is 19.1 Å². The first kappa shape index (κ1) is 42.2. The first-order valence-electron chi connectivity index (χ1n) is 20.2. The molecule has 2 aliphatic heterocycles. The number of nitrogens with zero attached hydrogens (tertiary/aromatic N) is 4. The van der Waals surface area contributed by atoms with Crippen LogP contribution in [0.3, 0.4) is 0 Å². The van der Waals surface area contributed by atoms with Crippen molar-refractivity contribution in [2.24, 2.45) is 16.8 Å². The van der Waals surface area contributed by atoms with E-state index in [2.05, 4.69) is 40.8 Å². The number of fused-ring (bicyclic) bond motifs is 1. The molecule has 0 bridgehead atoms. The van der Waals surface area contributed by atoms with Crippen LogP contribution in [0.5, 0.6) is 17.4 Å². The summed E-state index contributed by atoms with van der Waals surface area (Å²) in [5.74, 6) is 1.15. The van der Waals surface area contributed by atoms with E-state index in [1.165, 1.54) is 4.90 Å². The summed E-state index contributed by atoms with van der Waals surface area (Å²) in [5, 5.41) is 3.70. The van der Waals surface area contributed by atoms with Gasteiger partial charge in [-0.15, -0.1) is 0 Å². The minimum absolute atomic E-state index is 0.0407. The SMILES string of the molecule is C=NC(=O)[C@@H]1CC(Oc2cc(OC(C)C)nc3c(C)c(OC)ccc23)CN1C(=O)[C@H](CCCCC/C=C\C1CC1C(=O)NSC1(C)CC1)NC(=O)N1CC(OC)C1. The fourth-order valence-electron chi connectivity index (χ4n) is 7.39. The van der Waals surface area contributed by atoms with Gasteiger partial charge in [-0.05, 0) is 103 Å². The van der Waals surface area contributed by atoms with Gasteiger partial charge in [0.2, 0.25) is 17.7 Å². The number of aliphatic imine (C=N–C) groups is 1. The lowest BCUT2D eigenvalue weighted by molar-refractivity contribution is -0.139. The summed E-state index contributed by atoms with van der Waals surface area (Å²) in [6.45, 7) is 12.4. The maximum atomic E-state index is 14.4. The van der Waals surface area contributed by atoms with Gasteiger partial charge >= 0.3 is 6.03 Å². The minimum atomic E-state index is -0.906. The molecule has 5 atom stereocenters. The molecule has 2 saturated carbocycles. The first-order chi connectivity index (χ1) is 27.3. The average Bonchev–Trinajstić information content (AvgIpc) is 4.07. The number of methoxy groups -OCH3 is 2. The summed E-state index contributed by atoms with van der Waals surface area (Å²) in [4.78, 5) is 64.9. The van der Waals surface area contributed by atoms with Gasteiger partial charge in [0.05, 0.1) is 44.5 Å². The lowest BCUT2D eigenvalue weighted by Crippen LogP contribution is -2.61. The second kappa shape index (κ2) is 18.5. The number of aryl methyl sites for hydroxylation is 1. The highest BCUT2D eigenvalue weighted by molar-refractivity contribution is 7.99. The number of nitrogens with one attached hydrogen (secondary N) is 2. The highest BCUT2D eigenvalue weighted by Gasteiger charge is 2.45. The second-order valence-electron chi connectivity index (χ2n) is 16.2. The molecule has 4 aliphatic rings. The van der Waals surface area contributed by atoms with Crippen LogP contribution in [-0.4, -0.2) is 114 Å². The number of urea groups is 1. The predicted molar refractivity (Wildman–Crippen MR) is 220 cm³/mol. The van der Waals surface area contributed by atoms with Gasteiger partial charge in [-0.1, -0.05) is 25.0 Å². The number of ether oxygens (including phenoxy) is 4. The lowest BCUT2D eigenvalue weighted by Gasteiger charge is -2.39. The standard InChI is InChI=1S/C42H58N6O8S/c1-25(2)55-36-21-35(30-15-16-34(54-7)26(3)37(30)45-36)56-28-20-33(39(50)43-5)48(24-28)40(51)32(44-41(52)47-22-29(23-47)53-6)14-12-10-8-9-11-13-27-19-31(27)38(49)46-57-42(4)17-18-42/h11,13,15-16,21,25,27-29,31-33H,5,8-10,12,14,17-20,22-24H2,1-4,6-7H3,(H,44,52)(H,46,49)/b13-11-/t27?,28?,31?,32-,33-/m0/s1. The lowest BCUT2D eigenvalue weighted by atomic mass is 10.0. The molecule has 57 heavy (non-hydrogen) atoms. The Hall–Kier alpha value is -4.37. The molecule has 2 N–H and O–H groups in total. The summed E-state index contributed by atoms with van der Waals surface area (Å²) < 4.78 is 26.7. The Balaban J connectivity index is 1.09. The van der Waals surface area contributed by atoms with Crippen molar-refractivity contribution in [3.63, 3.8) is 0 Å². The number of pyridine rings is 1. The molecular formula is C42H58N6O8S. The molecule has 3 heterocycles. The summed E-state index contributed by atoms with van der Waals surface area (Å²) in [6, 6.07) is 3.34. The third kappa shape index (κ3) is 10.6. The quantitative estimate of drug-likeness (QED) is 0.0771. The van der Waals surface area contributed by atoms with E-state index in [9.17, 15) is 19.2 Å². The van der Waals surface area contributed by atoms with E-state index in [1.54, 1.807) is 37.1 Å². The number of hydrogen-bond acceptors (Lipinski definition) is 10. The molecule has 1 aromatic heterocycles. The highest BCUT2D eigenvalue weighted by Crippen LogP contribution is 2.47. The molecule has 2 aromatic rings.